The summed E-state index contributed by atoms with van der Waals surface area (Å²) in [5.74, 6) is 0.545. The Morgan fingerprint density at radius 2 is 2.07 bits per heavy atom. The monoisotopic (exact) mass is 414 g/mol. The Bertz CT molecular complexity index is 891. The number of nitrogens with one attached hydrogen (secondary N) is 1. The maximum Gasteiger partial charge on any atom is 0.274 e. The Morgan fingerprint density at radius 3 is 2.83 bits per heavy atom. The highest BCUT2D eigenvalue weighted by molar-refractivity contribution is 7.99. The fraction of sp³-hybridized carbons (Fsp3) is 0.421. The van der Waals surface area contributed by atoms with Gasteiger partial charge in [0.25, 0.3) is 5.91 Å². The van der Waals surface area contributed by atoms with E-state index in [1.165, 1.54) is 12.4 Å². The van der Waals surface area contributed by atoms with E-state index in [0.29, 0.717) is 38.3 Å². The third-order valence-corrected chi connectivity index (χ3v) is 5.95. The standard InChI is InChI=1S/C19H22N6O3S/c20-17-16(22-6-7-23-17)18(27)24-13-9-19(28-10-13)11-25(12-19)15(26)4-8-29-14-3-1-2-5-21-14/h1-3,5-7,13H,4,8-12H2,(H2,20,23)(H,24,27). The lowest BCUT2D eigenvalue weighted by molar-refractivity contribution is -0.157. The fourth-order valence-electron chi connectivity index (χ4n) is 3.59. The summed E-state index contributed by atoms with van der Waals surface area (Å²) in [4.78, 5) is 38.6. The lowest BCUT2D eigenvalue weighted by atomic mass is 9.89. The highest BCUT2D eigenvalue weighted by Gasteiger charge is 2.51. The van der Waals surface area contributed by atoms with Crippen LogP contribution in [0.2, 0.25) is 0 Å². The minimum absolute atomic E-state index is 0.0996. The zero-order chi connectivity index (χ0) is 20.3. The highest BCUT2D eigenvalue weighted by atomic mass is 32.2. The van der Waals surface area contributed by atoms with Gasteiger partial charge in [0.05, 0.1) is 30.8 Å². The summed E-state index contributed by atoms with van der Waals surface area (Å²) < 4.78 is 5.92. The highest BCUT2D eigenvalue weighted by Crippen LogP contribution is 2.35. The second-order valence-corrected chi connectivity index (χ2v) is 8.29. The number of carbonyl (C=O) groups excluding carboxylic acids is 2. The predicted octanol–water partition coefficient (Wildman–Crippen LogP) is 0.736. The maximum absolute atomic E-state index is 12.4. The quantitative estimate of drug-likeness (QED) is 0.664. The Morgan fingerprint density at radius 1 is 1.24 bits per heavy atom. The third kappa shape index (κ3) is 4.48. The molecular formula is C19H22N6O3S. The molecule has 4 heterocycles. The summed E-state index contributed by atoms with van der Waals surface area (Å²) in [7, 11) is 0. The van der Waals surface area contributed by atoms with E-state index in [2.05, 4.69) is 20.3 Å². The van der Waals surface area contributed by atoms with Crippen LogP contribution in [0.15, 0.2) is 41.8 Å². The molecule has 29 heavy (non-hydrogen) atoms. The van der Waals surface area contributed by atoms with Gasteiger partial charge in [-0.25, -0.2) is 15.0 Å². The summed E-state index contributed by atoms with van der Waals surface area (Å²) >= 11 is 1.57. The van der Waals surface area contributed by atoms with Crippen molar-refractivity contribution in [2.75, 3.05) is 31.2 Å². The molecule has 1 atom stereocenters. The summed E-state index contributed by atoms with van der Waals surface area (Å²) in [5, 5.41) is 3.81. The number of hydrogen-bond donors (Lipinski definition) is 2. The van der Waals surface area contributed by atoms with Crippen molar-refractivity contribution in [3.8, 4) is 0 Å². The fourth-order valence-corrected chi connectivity index (χ4v) is 4.39. The third-order valence-electron chi connectivity index (χ3n) is 5.00. The topological polar surface area (TPSA) is 123 Å². The summed E-state index contributed by atoms with van der Waals surface area (Å²) in [6, 6.07) is 5.60. The van der Waals surface area contributed by atoms with E-state index in [9.17, 15) is 9.59 Å². The molecule has 3 N–H and O–H groups in total. The van der Waals surface area contributed by atoms with Crippen LogP contribution in [0.25, 0.3) is 0 Å². The predicted molar refractivity (Wildman–Crippen MR) is 107 cm³/mol. The minimum Gasteiger partial charge on any atom is -0.382 e. The van der Waals surface area contributed by atoms with E-state index in [1.54, 1.807) is 18.0 Å². The van der Waals surface area contributed by atoms with Crippen molar-refractivity contribution >= 4 is 29.4 Å². The molecule has 0 aliphatic carbocycles. The number of rotatable bonds is 6. The minimum atomic E-state index is -0.365. The van der Waals surface area contributed by atoms with Gasteiger partial charge in [-0.05, 0) is 12.1 Å². The summed E-state index contributed by atoms with van der Waals surface area (Å²) in [5.41, 5.74) is 5.45. The molecule has 0 radical (unpaired) electrons. The number of carbonyl (C=O) groups is 2. The first-order chi connectivity index (χ1) is 14.0. The van der Waals surface area contributed by atoms with Crippen molar-refractivity contribution in [2.45, 2.75) is 29.5 Å². The van der Waals surface area contributed by atoms with Gasteiger partial charge in [0.2, 0.25) is 5.91 Å². The van der Waals surface area contributed by atoms with E-state index >= 15 is 0 Å². The van der Waals surface area contributed by atoms with E-state index in [4.69, 9.17) is 10.5 Å². The van der Waals surface area contributed by atoms with Gasteiger partial charge in [-0.2, -0.15) is 0 Å². The number of hydrogen-bond acceptors (Lipinski definition) is 8. The molecule has 2 saturated heterocycles. The largest absolute Gasteiger partial charge is 0.382 e. The van der Waals surface area contributed by atoms with Crippen LogP contribution in [0.5, 0.6) is 0 Å². The van der Waals surface area contributed by atoms with Gasteiger partial charge in [0, 0.05) is 37.2 Å². The van der Waals surface area contributed by atoms with Crippen LogP contribution in [-0.4, -0.2) is 68.8 Å². The molecule has 152 valence electrons. The van der Waals surface area contributed by atoms with Gasteiger partial charge in [-0.15, -0.1) is 11.8 Å². The number of amides is 2. The van der Waals surface area contributed by atoms with Crippen LogP contribution in [-0.2, 0) is 9.53 Å². The van der Waals surface area contributed by atoms with Crippen molar-refractivity contribution in [3.05, 3.63) is 42.5 Å². The number of thioether (sulfide) groups is 1. The first-order valence-corrected chi connectivity index (χ1v) is 10.4. The average Bonchev–Trinajstić information content (AvgIpc) is 3.12. The van der Waals surface area contributed by atoms with Crippen molar-refractivity contribution < 1.29 is 14.3 Å². The number of pyridine rings is 1. The Hall–Kier alpha value is -2.72. The van der Waals surface area contributed by atoms with Crippen LogP contribution >= 0.6 is 11.8 Å². The Labute approximate surface area is 172 Å². The van der Waals surface area contributed by atoms with Gasteiger partial charge in [0.1, 0.15) is 5.60 Å². The van der Waals surface area contributed by atoms with Gasteiger partial charge in [-0.3, -0.25) is 9.59 Å². The molecule has 0 saturated carbocycles. The number of likely N-dealkylation sites (tertiary alicyclic amines) is 1. The van der Waals surface area contributed by atoms with Crippen LogP contribution < -0.4 is 11.1 Å². The van der Waals surface area contributed by atoms with Crippen LogP contribution in [0.1, 0.15) is 23.3 Å². The van der Waals surface area contributed by atoms with Crippen molar-refractivity contribution in [2.24, 2.45) is 0 Å². The van der Waals surface area contributed by atoms with Crippen LogP contribution in [0.4, 0.5) is 5.82 Å². The Kier molecular flexibility index (Phi) is 5.63. The van der Waals surface area contributed by atoms with E-state index in [0.717, 1.165) is 5.03 Å². The number of nitrogens with zero attached hydrogens (tertiary/aromatic N) is 4. The zero-order valence-corrected chi connectivity index (χ0v) is 16.6. The zero-order valence-electron chi connectivity index (χ0n) is 15.8. The molecule has 4 rings (SSSR count). The van der Waals surface area contributed by atoms with Crippen molar-refractivity contribution in [3.63, 3.8) is 0 Å². The van der Waals surface area contributed by atoms with Gasteiger partial charge in [0.15, 0.2) is 11.5 Å². The average molecular weight is 414 g/mol. The van der Waals surface area contributed by atoms with Gasteiger partial charge in [-0.1, -0.05) is 6.07 Å². The van der Waals surface area contributed by atoms with E-state index < -0.39 is 0 Å². The molecule has 0 bridgehead atoms. The van der Waals surface area contributed by atoms with Gasteiger partial charge >= 0.3 is 0 Å². The first-order valence-electron chi connectivity index (χ1n) is 9.38. The van der Waals surface area contributed by atoms with Crippen molar-refractivity contribution in [1.29, 1.82) is 0 Å². The van der Waals surface area contributed by atoms with E-state index in [1.807, 2.05) is 23.1 Å². The second kappa shape index (κ2) is 8.34. The van der Waals surface area contributed by atoms with Crippen LogP contribution in [0, 0.1) is 0 Å². The molecule has 1 spiro atoms. The molecule has 2 aliphatic rings. The smallest absolute Gasteiger partial charge is 0.274 e. The maximum atomic E-state index is 12.4. The first kappa shape index (κ1) is 19.6. The molecule has 0 aromatic carbocycles. The molecule has 2 aliphatic heterocycles. The molecule has 10 heteroatoms. The number of aromatic nitrogens is 3. The normalized spacial score (nSPS) is 19.7. The van der Waals surface area contributed by atoms with Crippen LogP contribution in [0.3, 0.4) is 0 Å². The molecule has 2 aromatic heterocycles. The number of anilines is 1. The molecule has 2 aromatic rings. The van der Waals surface area contributed by atoms with Gasteiger partial charge < -0.3 is 20.7 Å². The summed E-state index contributed by atoms with van der Waals surface area (Å²) in [6.07, 6.45) is 5.73. The lowest BCUT2D eigenvalue weighted by Gasteiger charge is -2.47. The Balaban J connectivity index is 1.21. The number of nitrogens with two attached hydrogens (primary N) is 1. The molecule has 9 nitrogen and oxygen atoms in total. The molecule has 1 unspecified atom stereocenters. The van der Waals surface area contributed by atoms with E-state index in [-0.39, 0.29) is 35.0 Å². The summed E-state index contributed by atoms with van der Waals surface area (Å²) in [6.45, 7) is 1.52. The van der Waals surface area contributed by atoms with Crippen molar-refractivity contribution in [1.82, 2.24) is 25.2 Å². The molecule has 2 amide bonds. The molecule has 2 fully saturated rings. The number of nitrogen functional groups attached to an aromatic ring is 1. The SMILES string of the molecule is Nc1nccnc1C(=O)NC1COC2(C1)CN(C(=O)CCSc1ccccn1)C2. The molecular weight excluding hydrogens is 392 g/mol. The lowest BCUT2D eigenvalue weighted by Crippen LogP contribution is -2.63. The second-order valence-electron chi connectivity index (χ2n) is 7.17. The number of ether oxygens (including phenoxy) is 1.